The summed E-state index contributed by atoms with van der Waals surface area (Å²) in [6.07, 6.45) is -1.93. The van der Waals surface area contributed by atoms with Crippen molar-refractivity contribution in [3.05, 3.63) is 0 Å². The Bertz CT molecular complexity index is 468. The first kappa shape index (κ1) is 20.0. The summed E-state index contributed by atoms with van der Waals surface area (Å²) in [5, 5.41) is 2.93. The average Bonchev–Trinajstić information content (AvgIpc) is 2.58. The van der Waals surface area contributed by atoms with Crippen LogP contribution in [0.3, 0.4) is 0 Å². The number of amides is 2. The Morgan fingerprint density at radius 2 is 1.64 bits per heavy atom. The van der Waals surface area contributed by atoms with E-state index in [9.17, 15) is 22.8 Å². The van der Waals surface area contributed by atoms with Crippen LogP contribution in [0.1, 0.15) is 39.5 Å². The van der Waals surface area contributed by atoms with Crippen LogP contribution in [0.15, 0.2) is 0 Å². The molecule has 0 aliphatic carbocycles. The van der Waals surface area contributed by atoms with Gasteiger partial charge in [-0.3, -0.25) is 14.5 Å². The predicted molar refractivity (Wildman–Crippen MR) is 87.8 cm³/mol. The van der Waals surface area contributed by atoms with Gasteiger partial charge in [0.2, 0.25) is 5.91 Å². The molecule has 5 nitrogen and oxygen atoms in total. The molecule has 8 heteroatoms. The third kappa shape index (κ3) is 5.59. The number of carbonyl (C=O) groups is 2. The largest absolute Gasteiger partial charge is 0.471 e. The minimum absolute atomic E-state index is 0.0179. The Morgan fingerprint density at radius 1 is 1.08 bits per heavy atom. The van der Waals surface area contributed by atoms with Crippen LogP contribution in [0, 0.1) is 11.8 Å². The SMILES string of the molecule is CC1CCN(C(C)CNC(=O)C2CCN(C(=O)C(F)(F)F)CC2)CC1. The first-order valence-electron chi connectivity index (χ1n) is 9.06. The molecule has 2 heterocycles. The summed E-state index contributed by atoms with van der Waals surface area (Å²) in [6, 6.07) is 0.253. The van der Waals surface area contributed by atoms with Crippen molar-refractivity contribution in [2.45, 2.75) is 51.7 Å². The number of hydrogen-bond donors (Lipinski definition) is 1. The predicted octanol–water partition coefficient (Wildman–Crippen LogP) is 2.02. The average molecular weight is 363 g/mol. The molecule has 0 aromatic carbocycles. The van der Waals surface area contributed by atoms with Gasteiger partial charge in [0.15, 0.2) is 0 Å². The van der Waals surface area contributed by atoms with E-state index < -0.39 is 12.1 Å². The molecule has 1 N–H and O–H groups in total. The van der Waals surface area contributed by atoms with E-state index in [4.69, 9.17) is 0 Å². The number of halogens is 3. The summed E-state index contributed by atoms with van der Waals surface area (Å²) in [4.78, 5) is 26.6. The molecule has 2 fully saturated rings. The monoisotopic (exact) mass is 363 g/mol. The highest BCUT2D eigenvalue weighted by atomic mass is 19.4. The Labute approximate surface area is 146 Å². The van der Waals surface area contributed by atoms with Gasteiger partial charge >= 0.3 is 12.1 Å². The van der Waals surface area contributed by atoms with E-state index in [-0.39, 0.29) is 43.8 Å². The van der Waals surface area contributed by atoms with E-state index in [1.54, 1.807) is 0 Å². The molecule has 2 amide bonds. The van der Waals surface area contributed by atoms with Crippen molar-refractivity contribution in [1.82, 2.24) is 15.1 Å². The standard InChI is InChI=1S/C17H28F3N3O2/c1-12-3-7-22(8-4-12)13(2)11-21-15(24)14-5-9-23(10-6-14)16(25)17(18,19)20/h12-14H,3-11H2,1-2H3,(H,21,24). The summed E-state index contributed by atoms with van der Waals surface area (Å²) in [5.74, 6) is -1.48. The molecule has 2 rings (SSSR count). The van der Waals surface area contributed by atoms with Crippen LogP contribution in [0.5, 0.6) is 0 Å². The van der Waals surface area contributed by atoms with Gasteiger partial charge in [0.1, 0.15) is 0 Å². The molecule has 0 radical (unpaired) electrons. The van der Waals surface area contributed by atoms with Crippen LogP contribution < -0.4 is 5.32 Å². The number of piperidine rings is 2. The highest BCUT2D eigenvalue weighted by Crippen LogP contribution is 2.24. The molecule has 2 saturated heterocycles. The van der Waals surface area contributed by atoms with Gasteiger partial charge in [-0.15, -0.1) is 0 Å². The van der Waals surface area contributed by atoms with Crippen molar-refractivity contribution >= 4 is 11.8 Å². The minimum Gasteiger partial charge on any atom is -0.354 e. The van der Waals surface area contributed by atoms with Crippen molar-refractivity contribution in [3.63, 3.8) is 0 Å². The van der Waals surface area contributed by atoms with Crippen molar-refractivity contribution < 1.29 is 22.8 Å². The van der Waals surface area contributed by atoms with Crippen molar-refractivity contribution in [2.24, 2.45) is 11.8 Å². The zero-order chi connectivity index (χ0) is 18.6. The first-order chi connectivity index (χ1) is 11.7. The Hall–Kier alpha value is -1.31. The van der Waals surface area contributed by atoms with Gasteiger partial charge in [-0.25, -0.2) is 0 Å². The second kappa shape index (κ2) is 8.38. The second-order valence-corrected chi connectivity index (χ2v) is 7.38. The summed E-state index contributed by atoms with van der Waals surface area (Å²) in [6.45, 7) is 6.92. The van der Waals surface area contributed by atoms with Crippen LogP contribution in [0.2, 0.25) is 0 Å². The summed E-state index contributed by atoms with van der Waals surface area (Å²) in [5.41, 5.74) is 0. The minimum atomic E-state index is -4.84. The lowest BCUT2D eigenvalue weighted by Crippen LogP contribution is -2.49. The number of rotatable bonds is 4. The molecule has 0 spiro atoms. The molecule has 144 valence electrons. The fourth-order valence-electron chi connectivity index (χ4n) is 3.52. The zero-order valence-electron chi connectivity index (χ0n) is 14.9. The number of alkyl halides is 3. The number of likely N-dealkylation sites (tertiary alicyclic amines) is 2. The van der Waals surface area contributed by atoms with Gasteiger partial charge in [-0.1, -0.05) is 6.92 Å². The molecule has 0 aromatic heterocycles. The number of nitrogens with one attached hydrogen (secondary N) is 1. The summed E-state index contributed by atoms with van der Waals surface area (Å²) >= 11 is 0. The lowest BCUT2D eigenvalue weighted by atomic mass is 9.95. The molecular weight excluding hydrogens is 335 g/mol. The zero-order valence-corrected chi connectivity index (χ0v) is 14.9. The molecule has 0 aromatic rings. The molecule has 1 unspecified atom stereocenters. The van der Waals surface area contributed by atoms with E-state index >= 15 is 0 Å². The fraction of sp³-hybridized carbons (Fsp3) is 0.882. The molecule has 2 aliphatic heterocycles. The maximum Gasteiger partial charge on any atom is 0.471 e. The molecule has 0 bridgehead atoms. The van der Waals surface area contributed by atoms with Crippen LogP contribution in [0.4, 0.5) is 13.2 Å². The van der Waals surface area contributed by atoms with Crippen LogP contribution >= 0.6 is 0 Å². The third-order valence-electron chi connectivity index (χ3n) is 5.41. The van der Waals surface area contributed by atoms with Crippen LogP contribution in [0.25, 0.3) is 0 Å². The van der Waals surface area contributed by atoms with Gasteiger partial charge in [0.25, 0.3) is 0 Å². The van der Waals surface area contributed by atoms with Gasteiger partial charge in [0, 0.05) is 31.6 Å². The van der Waals surface area contributed by atoms with Crippen molar-refractivity contribution in [2.75, 3.05) is 32.7 Å². The Balaban J connectivity index is 1.71. The van der Waals surface area contributed by atoms with E-state index in [1.807, 2.05) is 0 Å². The highest BCUT2D eigenvalue weighted by Gasteiger charge is 2.43. The first-order valence-corrected chi connectivity index (χ1v) is 9.06. The van der Waals surface area contributed by atoms with Crippen molar-refractivity contribution in [3.8, 4) is 0 Å². The van der Waals surface area contributed by atoms with E-state index in [1.165, 1.54) is 12.8 Å². The van der Waals surface area contributed by atoms with Crippen LogP contribution in [-0.2, 0) is 9.59 Å². The molecule has 0 saturated carbocycles. The Morgan fingerprint density at radius 3 is 2.16 bits per heavy atom. The number of carbonyl (C=O) groups excluding carboxylic acids is 2. The summed E-state index contributed by atoms with van der Waals surface area (Å²) < 4.78 is 37.3. The highest BCUT2D eigenvalue weighted by molar-refractivity contribution is 5.83. The fourth-order valence-corrected chi connectivity index (χ4v) is 3.52. The lowest BCUT2D eigenvalue weighted by molar-refractivity contribution is -0.186. The van der Waals surface area contributed by atoms with Gasteiger partial charge in [0.05, 0.1) is 0 Å². The maximum atomic E-state index is 12.4. The van der Waals surface area contributed by atoms with Crippen LogP contribution in [-0.4, -0.2) is 66.6 Å². The lowest BCUT2D eigenvalue weighted by Gasteiger charge is -2.35. The molecule has 2 aliphatic rings. The van der Waals surface area contributed by atoms with E-state index in [2.05, 4.69) is 24.1 Å². The Kier molecular flexibility index (Phi) is 6.71. The molecular formula is C17H28F3N3O2. The van der Waals surface area contributed by atoms with Crippen molar-refractivity contribution in [1.29, 1.82) is 0 Å². The van der Waals surface area contributed by atoms with Gasteiger partial charge in [-0.2, -0.15) is 13.2 Å². The third-order valence-corrected chi connectivity index (χ3v) is 5.41. The smallest absolute Gasteiger partial charge is 0.354 e. The quantitative estimate of drug-likeness (QED) is 0.832. The molecule has 25 heavy (non-hydrogen) atoms. The topological polar surface area (TPSA) is 52.7 Å². The van der Waals surface area contributed by atoms with E-state index in [0.29, 0.717) is 6.54 Å². The van der Waals surface area contributed by atoms with Gasteiger partial charge in [-0.05, 0) is 51.6 Å². The van der Waals surface area contributed by atoms with E-state index in [0.717, 1.165) is 23.9 Å². The second-order valence-electron chi connectivity index (χ2n) is 7.38. The van der Waals surface area contributed by atoms with Gasteiger partial charge < -0.3 is 10.2 Å². The molecule has 1 atom stereocenters. The maximum absolute atomic E-state index is 12.4. The number of hydrogen-bond acceptors (Lipinski definition) is 3. The number of nitrogens with zero attached hydrogens (tertiary/aromatic N) is 2. The normalized spacial score (nSPS) is 22.7. The summed E-state index contributed by atoms with van der Waals surface area (Å²) in [7, 11) is 0.